The van der Waals surface area contributed by atoms with Crippen molar-refractivity contribution in [3.8, 4) is 0 Å². The van der Waals surface area contributed by atoms with Crippen LogP contribution in [-0.2, 0) is 4.79 Å². The van der Waals surface area contributed by atoms with E-state index in [1.165, 1.54) is 17.8 Å². The molecular formula is C13H12N4O2S. The summed E-state index contributed by atoms with van der Waals surface area (Å²) >= 11 is 1.33. The van der Waals surface area contributed by atoms with Crippen molar-refractivity contribution >= 4 is 23.4 Å². The number of carbonyl (C=O) groups excluding carboxylic acids is 1. The predicted molar refractivity (Wildman–Crippen MR) is 75.7 cm³/mol. The minimum atomic E-state index is -0.610. The van der Waals surface area contributed by atoms with Gasteiger partial charge in [-0.2, -0.15) is 0 Å². The molecule has 2 aromatic rings. The molecule has 0 bridgehead atoms. The Balaban J connectivity index is 1.91. The van der Waals surface area contributed by atoms with Gasteiger partial charge in [-0.1, -0.05) is 17.8 Å². The highest BCUT2D eigenvalue weighted by atomic mass is 32.2. The summed E-state index contributed by atoms with van der Waals surface area (Å²) < 4.78 is 0. The molecule has 4 N–H and O–H groups in total. The van der Waals surface area contributed by atoms with Crippen molar-refractivity contribution in [2.45, 2.75) is 23.0 Å². The molecule has 20 heavy (non-hydrogen) atoms. The number of anilines is 1. The largest absolute Gasteiger partial charge is 0.324 e. The zero-order valence-electron chi connectivity index (χ0n) is 10.6. The lowest BCUT2D eigenvalue weighted by atomic mass is 10.1. The van der Waals surface area contributed by atoms with Crippen LogP contribution in [0, 0.1) is 6.92 Å². The Morgan fingerprint density at radius 1 is 1.30 bits per heavy atom. The van der Waals surface area contributed by atoms with Gasteiger partial charge in [-0.3, -0.25) is 9.59 Å². The normalized spacial score (nSPS) is 16.9. The molecule has 6 nitrogen and oxygen atoms in total. The molecule has 7 heteroatoms. The number of aromatic nitrogens is 2. The van der Waals surface area contributed by atoms with E-state index in [4.69, 9.17) is 5.73 Å². The molecule has 1 aromatic carbocycles. The number of carbonyl (C=O) groups is 1. The summed E-state index contributed by atoms with van der Waals surface area (Å²) in [5.41, 5.74) is 7.72. The van der Waals surface area contributed by atoms with Crippen LogP contribution < -0.4 is 16.6 Å². The zero-order valence-corrected chi connectivity index (χ0v) is 11.5. The summed E-state index contributed by atoms with van der Waals surface area (Å²) in [6.07, 6.45) is 0. The van der Waals surface area contributed by atoms with E-state index in [1.807, 2.05) is 18.2 Å². The van der Waals surface area contributed by atoms with Crippen LogP contribution in [0.2, 0.25) is 0 Å². The second-order valence-corrected chi connectivity index (χ2v) is 5.57. The molecule has 0 fully saturated rings. The second-order valence-electron chi connectivity index (χ2n) is 4.51. The van der Waals surface area contributed by atoms with Crippen molar-refractivity contribution < 1.29 is 4.79 Å². The van der Waals surface area contributed by atoms with Crippen LogP contribution in [-0.4, -0.2) is 15.9 Å². The van der Waals surface area contributed by atoms with Crippen molar-refractivity contribution in [3.05, 3.63) is 45.9 Å². The van der Waals surface area contributed by atoms with Gasteiger partial charge in [-0.05, 0) is 19.1 Å². The highest BCUT2D eigenvalue weighted by Gasteiger charge is 2.27. The van der Waals surface area contributed by atoms with Crippen LogP contribution in [0.1, 0.15) is 17.3 Å². The smallest absolute Gasteiger partial charge is 0.251 e. The maximum absolute atomic E-state index is 11.5. The van der Waals surface area contributed by atoms with Gasteiger partial charge >= 0.3 is 0 Å². The van der Waals surface area contributed by atoms with E-state index < -0.39 is 6.04 Å². The van der Waals surface area contributed by atoms with Crippen molar-refractivity contribution in [3.63, 3.8) is 0 Å². The molecular weight excluding hydrogens is 276 g/mol. The molecule has 2 heterocycles. The lowest BCUT2D eigenvalue weighted by Crippen LogP contribution is -2.19. The summed E-state index contributed by atoms with van der Waals surface area (Å²) in [6.45, 7) is 1.77. The van der Waals surface area contributed by atoms with Crippen LogP contribution in [0.4, 0.5) is 5.69 Å². The van der Waals surface area contributed by atoms with Gasteiger partial charge in [-0.25, -0.2) is 4.98 Å². The first kappa shape index (κ1) is 12.9. The fourth-order valence-electron chi connectivity index (χ4n) is 2.04. The van der Waals surface area contributed by atoms with Crippen LogP contribution in [0.15, 0.2) is 39.1 Å². The fraction of sp³-hybridized carbons (Fsp3) is 0.154. The van der Waals surface area contributed by atoms with E-state index in [-0.39, 0.29) is 11.5 Å². The van der Waals surface area contributed by atoms with Crippen LogP contribution in [0.3, 0.4) is 0 Å². The first-order valence-electron chi connectivity index (χ1n) is 5.99. The number of hydrogen-bond acceptors (Lipinski definition) is 5. The predicted octanol–water partition coefficient (Wildman–Crippen LogP) is 1.18. The molecule has 1 amide bonds. The van der Waals surface area contributed by atoms with Gasteiger partial charge in [0.1, 0.15) is 6.04 Å². The highest BCUT2D eigenvalue weighted by molar-refractivity contribution is 7.99. The van der Waals surface area contributed by atoms with Crippen molar-refractivity contribution in [1.82, 2.24) is 9.97 Å². The quantitative estimate of drug-likeness (QED) is 0.720. The number of amides is 1. The number of H-pyrrole nitrogens is 1. The number of nitrogens with one attached hydrogen (secondary N) is 2. The molecule has 0 saturated heterocycles. The lowest BCUT2D eigenvalue weighted by molar-refractivity contribution is -0.116. The van der Waals surface area contributed by atoms with Crippen LogP contribution in [0.5, 0.6) is 0 Å². The van der Waals surface area contributed by atoms with Crippen molar-refractivity contribution in [1.29, 1.82) is 0 Å². The molecule has 1 unspecified atom stereocenters. The summed E-state index contributed by atoms with van der Waals surface area (Å²) in [5, 5.41) is 3.24. The van der Waals surface area contributed by atoms with E-state index in [0.717, 1.165) is 10.5 Å². The van der Waals surface area contributed by atoms with Gasteiger partial charge in [0.05, 0.1) is 0 Å². The van der Waals surface area contributed by atoms with Gasteiger partial charge in [0.25, 0.3) is 5.56 Å². The number of rotatable bonds is 2. The third-order valence-electron chi connectivity index (χ3n) is 2.96. The Morgan fingerprint density at radius 2 is 2.10 bits per heavy atom. The number of nitrogens with two attached hydrogens (primary N) is 1. The first-order valence-corrected chi connectivity index (χ1v) is 6.81. The van der Waals surface area contributed by atoms with Gasteiger partial charge in [0.2, 0.25) is 5.91 Å². The van der Waals surface area contributed by atoms with Crippen molar-refractivity contribution in [2.24, 2.45) is 5.73 Å². The molecule has 1 aliphatic heterocycles. The van der Waals surface area contributed by atoms with Crippen LogP contribution in [0.25, 0.3) is 0 Å². The Morgan fingerprint density at radius 3 is 2.85 bits per heavy atom. The van der Waals surface area contributed by atoms with E-state index >= 15 is 0 Å². The summed E-state index contributed by atoms with van der Waals surface area (Å²) in [7, 11) is 0. The standard InChI is InChI=1S/C13H12N4O2S/c1-6-4-10(18)17-13(15-6)20-7-2-3-8-9(5-7)16-12(19)11(8)14/h2-5,11H,14H2,1H3,(H,16,19)(H,15,17,18). The maximum Gasteiger partial charge on any atom is 0.251 e. The molecule has 0 aliphatic carbocycles. The molecule has 0 spiro atoms. The van der Waals surface area contributed by atoms with E-state index in [0.29, 0.717) is 16.5 Å². The molecule has 1 atom stereocenters. The maximum atomic E-state index is 11.5. The van der Waals surface area contributed by atoms with Gasteiger partial charge < -0.3 is 16.0 Å². The number of nitrogens with zero attached hydrogens (tertiary/aromatic N) is 1. The Bertz CT molecular complexity index is 756. The summed E-state index contributed by atoms with van der Waals surface area (Å²) in [6, 6.07) is 6.32. The number of aryl methyl sites for hydroxylation is 1. The second kappa shape index (κ2) is 4.77. The Labute approximate surface area is 118 Å². The average molecular weight is 288 g/mol. The van der Waals surface area contributed by atoms with Gasteiger partial charge in [0.15, 0.2) is 5.16 Å². The fourth-order valence-corrected chi connectivity index (χ4v) is 2.92. The lowest BCUT2D eigenvalue weighted by Gasteiger charge is -2.05. The number of fused-ring (bicyclic) bond motifs is 1. The number of benzene rings is 1. The third-order valence-corrected chi connectivity index (χ3v) is 3.84. The topological polar surface area (TPSA) is 101 Å². The minimum Gasteiger partial charge on any atom is -0.324 e. The summed E-state index contributed by atoms with van der Waals surface area (Å²) in [4.78, 5) is 30.7. The average Bonchev–Trinajstić information content (AvgIpc) is 2.63. The molecule has 3 rings (SSSR count). The third kappa shape index (κ3) is 2.33. The number of aromatic amines is 1. The zero-order chi connectivity index (χ0) is 14.3. The number of hydrogen-bond donors (Lipinski definition) is 3. The first-order chi connectivity index (χ1) is 9.52. The van der Waals surface area contributed by atoms with E-state index in [1.54, 1.807) is 6.92 Å². The molecule has 1 aromatic heterocycles. The molecule has 1 aliphatic rings. The molecule has 0 saturated carbocycles. The highest BCUT2D eigenvalue weighted by Crippen LogP contribution is 2.34. The minimum absolute atomic E-state index is 0.184. The van der Waals surface area contributed by atoms with E-state index in [9.17, 15) is 9.59 Å². The molecule has 0 radical (unpaired) electrons. The Hall–Kier alpha value is -2.12. The van der Waals surface area contributed by atoms with Gasteiger partial charge in [-0.15, -0.1) is 0 Å². The van der Waals surface area contributed by atoms with Crippen molar-refractivity contribution in [2.75, 3.05) is 5.32 Å². The van der Waals surface area contributed by atoms with Crippen LogP contribution >= 0.6 is 11.8 Å². The Kier molecular flexibility index (Phi) is 3.07. The SMILES string of the molecule is Cc1cc(=O)[nH]c(Sc2ccc3c(c2)NC(=O)C3N)n1. The molecule has 102 valence electrons. The van der Waals surface area contributed by atoms with E-state index in [2.05, 4.69) is 15.3 Å². The summed E-state index contributed by atoms with van der Waals surface area (Å²) in [5.74, 6) is -0.204. The van der Waals surface area contributed by atoms with Gasteiger partial charge in [0, 0.05) is 27.9 Å². The monoisotopic (exact) mass is 288 g/mol.